The van der Waals surface area contributed by atoms with Crippen molar-refractivity contribution in [3.05, 3.63) is 132 Å². The topological polar surface area (TPSA) is 50.4 Å². The summed E-state index contributed by atoms with van der Waals surface area (Å²) in [4.78, 5) is 10.3. The van der Waals surface area contributed by atoms with E-state index < -0.39 is 0 Å². The van der Waals surface area contributed by atoms with Gasteiger partial charge >= 0.3 is 0 Å². The smallest absolute Gasteiger partial charge is 0.200 e. The van der Waals surface area contributed by atoms with E-state index in [1.165, 1.54) is 16.5 Å². The van der Waals surface area contributed by atoms with Gasteiger partial charge < -0.3 is 5.11 Å². The van der Waals surface area contributed by atoms with E-state index in [1.807, 2.05) is 23.6 Å². The molecule has 5 aromatic carbocycles. The summed E-state index contributed by atoms with van der Waals surface area (Å²) in [6.45, 7) is 15.5. The Kier molecular flexibility index (Phi) is 7.86. The Labute approximate surface area is 318 Å². The number of aromatic nitrogens is 3. The van der Waals surface area contributed by atoms with E-state index in [0.717, 1.165) is 82.7 Å². The van der Waals surface area contributed by atoms with Gasteiger partial charge in [0.25, 0.3) is 0 Å². The zero-order valence-electron chi connectivity index (χ0n) is 30.5. The summed E-state index contributed by atoms with van der Waals surface area (Å²) in [7, 11) is 0. The standard InChI is InChI=1S/C47H40N3O.Pt/c1-27-35-14-11-15-37-38-24-30-21-33(46(2,3)4)16-17-36(30)39-26-41(49-44(42(38)39)50(43(35)37)45(27)51)32-20-31(22-34(23-32)47(5,6)7)40-25-29(18-19-48-40)28-12-9-8-10-13-28;/h8-19,21-26,51H,1-7H3;/q-1;. The minimum Gasteiger partial charge on any atom is -0.494 e. The largest absolute Gasteiger partial charge is 0.494 e. The number of benzene rings is 5. The molecule has 0 amide bonds. The van der Waals surface area contributed by atoms with E-state index in [4.69, 9.17) is 9.97 Å². The van der Waals surface area contributed by atoms with Gasteiger partial charge in [0.1, 0.15) is 5.65 Å². The molecule has 0 saturated heterocycles. The van der Waals surface area contributed by atoms with Crippen LogP contribution in [0.25, 0.3) is 82.5 Å². The fraction of sp³-hybridized carbons (Fsp3) is 0.191. The van der Waals surface area contributed by atoms with Gasteiger partial charge in [0.05, 0.1) is 5.52 Å². The minimum atomic E-state index is -0.134. The molecule has 260 valence electrons. The number of aryl methyl sites for hydroxylation is 1. The first-order valence-electron chi connectivity index (χ1n) is 17.7. The van der Waals surface area contributed by atoms with E-state index >= 15 is 0 Å². The molecule has 0 aliphatic heterocycles. The Hall–Kier alpha value is -5.05. The molecule has 9 rings (SSSR count). The second-order valence-corrected chi connectivity index (χ2v) is 16.1. The summed E-state index contributed by atoms with van der Waals surface area (Å²) in [6.07, 6.45) is 1.88. The Bertz CT molecular complexity index is 2840. The Balaban J connectivity index is 0.00000387. The van der Waals surface area contributed by atoms with Crippen molar-refractivity contribution in [1.82, 2.24) is 14.4 Å². The van der Waals surface area contributed by atoms with Crippen LogP contribution in [0.2, 0.25) is 0 Å². The second kappa shape index (κ2) is 12.0. The number of rotatable bonds is 3. The van der Waals surface area contributed by atoms with Crippen LogP contribution in [-0.2, 0) is 31.9 Å². The molecule has 0 bridgehead atoms. The number of fused-ring (bicyclic) bond motifs is 4. The molecular formula is C47H40N3OPt-. The van der Waals surface area contributed by atoms with Crippen LogP contribution in [0.5, 0.6) is 5.88 Å². The first-order valence-corrected chi connectivity index (χ1v) is 17.7. The summed E-state index contributed by atoms with van der Waals surface area (Å²) < 4.78 is 1.97. The van der Waals surface area contributed by atoms with Crippen molar-refractivity contribution < 1.29 is 26.2 Å². The molecule has 0 spiro atoms. The molecule has 0 aliphatic carbocycles. The average molecular weight is 858 g/mol. The van der Waals surface area contributed by atoms with Crippen LogP contribution in [0.4, 0.5) is 0 Å². The maximum absolute atomic E-state index is 11.7. The van der Waals surface area contributed by atoms with Crippen molar-refractivity contribution in [2.75, 3.05) is 0 Å². The van der Waals surface area contributed by atoms with Crippen LogP contribution < -0.4 is 0 Å². The zero-order valence-corrected chi connectivity index (χ0v) is 32.8. The SMILES string of the molecule is Cc1c(O)n2c3nc(-c4[c-]c(-c5cc(-c6ccccc6)ccn5)cc(C(C)(C)C)c4)cc4c5ccc(C(C)(C)C)cc5cc(c5cccc1c52)c43.[Pt]. The maximum atomic E-state index is 11.7. The van der Waals surface area contributed by atoms with Gasteiger partial charge in [0, 0.05) is 60.4 Å². The summed E-state index contributed by atoms with van der Waals surface area (Å²) in [6, 6.07) is 40.6. The first-order chi connectivity index (χ1) is 24.4. The van der Waals surface area contributed by atoms with Crippen LogP contribution >= 0.6 is 0 Å². The fourth-order valence-corrected chi connectivity index (χ4v) is 7.71. The molecular weight excluding hydrogens is 818 g/mol. The van der Waals surface area contributed by atoms with E-state index in [2.05, 4.69) is 145 Å². The molecule has 9 aromatic rings. The molecule has 0 fully saturated rings. The number of para-hydroxylation sites is 1. The van der Waals surface area contributed by atoms with Gasteiger partial charge in [-0.3, -0.25) is 14.4 Å². The molecule has 1 N–H and O–H groups in total. The molecule has 4 aromatic heterocycles. The Morgan fingerprint density at radius 1 is 0.615 bits per heavy atom. The molecule has 0 aliphatic rings. The van der Waals surface area contributed by atoms with Crippen LogP contribution in [0.1, 0.15) is 58.2 Å². The van der Waals surface area contributed by atoms with E-state index in [-0.39, 0.29) is 37.8 Å². The number of aromatic hydroxyl groups is 1. The van der Waals surface area contributed by atoms with Gasteiger partial charge in [-0.1, -0.05) is 132 Å². The van der Waals surface area contributed by atoms with Crippen LogP contribution in [0.15, 0.2) is 109 Å². The van der Waals surface area contributed by atoms with Gasteiger partial charge in [-0.15, -0.1) is 23.8 Å². The molecule has 0 atom stereocenters. The third-order valence-electron chi connectivity index (χ3n) is 10.6. The summed E-state index contributed by atoms with van der Waals surface area (Å²) in [5.74, 6) is 0.229. The number of pyridine rings is 3. The van der Waals surface area contributed by atoms with Gasteiger partial charge in [-0.25, -0.2) is 0 Å². The maximum Gasteiger partial charge on any atom is 0.200 e. The molecule has 5 heteroatoms. The predicted molar refractivity (Wildman–Crippen MR) is 213 cm³/mol. The number of hydrogen-bond acceptors (Lipinski definition) is 3. The van der Waals surface area contributed by atoms with Crippen molar-refractivity contribution >= 4 is 48.9 Å². The first kappa shape index (κ1) is 34.1. The van der Waals surface area contributed by atoms with E-state index in [9.17, 15) is 5.11 Å². The second-order valence-electron chi connectivity index (χ2n) is 16.1. The van der Waals surface area contributed by atoms with Gasteiger partial charge in [-0.2, -0.15) is 0 Å². The molecule has 0 unspecified atom stereocenters. The van der Waals surface area contributed by atoms with Gasteiger partial charge in [0.15, 0.2) is 0 Å². The van der Waals surface area contributed by atoms with Crippen molar-refractivity contribution in [3.8, 4) is 39.5 Å². The van der Waals surface area contributed by atoms with Crippen molar-refractivity contribution in [3.63, 3.8) is 0 Å². The molecule has 0 radical (unpaired) electrons. The van der Waals surface area contributed by atoms with Crippen LogP contribution in [0, 0.1) is 13.0 Å². The molecule has 4 nitrogen and oxygen atoms in total. The molecule has 0 saturated carbocycles. The summed E-state index contributed by atoms with van der Waals surface area (Å²) in [5, 5.41) is 19.5. The third-order valence-corrected chi connectivity index (χ3v) is 10.6. The number of nitrogens with zero attached hydrogens (tertiary/aromatic N) is 3. The Morgan fingerprint density at radius 2 is 1.31 bits per heavy atom. The summed E-state index contributed by atoms with van der Waals surface area (Å²) >= 11 is 0. The number of hydrogen-bond donors (Lipinski definition) is 1. The monoisotopic (exact) mass is 857 g/mol. The van der Waals surface area contributed by atoms with Gasteiger partial charge in [-0.05, 0) is 68.1 Å². The third kappa shape index (κ3) is 5.30. The van der Waals surface area contributed by atoms with E-state index in [0.29, 0.717) is 0 Å². The molecule has 52 heavy (non-hydrogen) atoms. The fourth-order valence-electron chi connectivity index (χ4n) is 7.71. The normalized spacial score (nSPS) is 12.4. The predicted octanol–water partition coefficient (Wildman–Crippen LogP) is 12.2. The van der Waals surface area contributed by atoms with Crippen LogP contribution in [0.3, 0.4) is 0 Å². The van der Waals surface area contributed by atoms with E-state index in [1.54, 1.807) is 0 Å². The Morgan fingerprint density at radius 3 is 2.04 bits per heavy atom. The molecule has 4 heterocycles. The van der Waals surface area contributed by atoms with Gasteiger partial charge in [0.2, 0.25) is 5.88 Å². The van der Waals surface area contributed by atoms with Crippen molar-refractivity contribution in [1.29, 1.82) is 0 Å². The van der Waals surface area contributed by atoms with Crippen molar-refractivity contribution in [2.24, 2.45) is 0 Å². The minimum absolute atomic E-state index is 0. The van der Waals surface area contributed by atoms with Crippen molar-refractivity contribution in [2.45, 2.75) is 59.3 Å². The zero-order chi connectivity index (χ0) is 35.4. The van der Waals surface area contributed by atoms with Crippen LogP contribution in [-0.4, -0.2) is 19.5 Å². The summed E-state index contributed by atoms with van der Waals surface area (Å²) in [5.41, 5.74) is 10.7. The quantitative estimate of drug-likeness (QED) is 0.109. The average Bonchev–Trinajstić information content (AvgIpc) is 3.39.